The van der Waals surface area contributed by atoms with Crippen LogP contribution in [0.5, 0.6) is 5.75 Å². The van der Waals surface area contributed by atoms with Crippen LogP contribution in [0, 0.1) is 6.92 Å². The van der Waals surface area contributed by atoms with Crippen LogP contribution in [0.1, 0.15) is 30.5 Å². The number of aryl methyl sites for hydroxylation is 1. The van der Waals surface area contributed by atoms with Gasteiger partial charge in [-0.3, -0.25) is 0 Å². The molecule has 2 rings (SSSR count). The topological polar surface area (TPSA) is 20.2 Å². The van der Waals surface area contributed by atoms with Crippen LogP contribution in [0.2, 0.25) is 0 Å². The van der Waals surface area contributed by atoms with Crippen LogP contribution in [0.15, 0.2) is 24.3 Å². The number of phenols is 1. The van der Waals surface area contributed by atoms with Crippen molar-refractivity contribution in [3.63, 3.8) is 0 Å². The minimum absolute atomic E-state index is 0.473. The second-order valence-electron chi connectivity index (χ2n) is 4.18. The van der Waals surface area contributed by atoms with Crippen LogP contribution in [0.25, 0.3) is 10.8 Å². The molecule has 1 nitrogen and oxygen atoms in total. The molecule has 84 valence electrons. The van der Waals surface area contributed by atoms with Gasteiger partial charge in [-0.25, -0.2) is 0 Å². The van der Waals surface area contributed by atoms with E-state index in [0.717, 1.165) is 23.8 Å². The van der Waals surface area contributed by atoms with Crippen molar-refractivity contribution in [2.45, 2.75) is 33.6 Å². The molecule has 0 saturated heterocycles. The number of benzene rings is 2. The monoisotopic (exact) mass is 214 g/mol. The SMILES string of the molecule is CCc1c(CC)c(O)c2ccccc2c1C. The Kier molecular flexibility index (Phi) is 2.86. The lowest BCUT2D eigenvalue weighted by Gasteiger charge is -2.15. The van der Waals surface area contributed by atoms with E-state index in [1.165, 1.54) is 16.5 Å². The second-order valence-corrected chi connectivity index (χ2v) is 4.18. The molecule has 0 saturated carbocycles. The molecule has 0 atom stereocenters. The first-order chi connectivity index (χ1) is 7.70. The number of rotatable bonds is 2. The first kappa shape index (κ1) is 11.0. The smallest absolute Gasteiger partial charge is 0.126 e. The van der Waals surface area contributed by atoms with E-state index in [4.69, 9.17) is 0 Å². The van der Waals surface area contributed by atoms with Crippen LogP contribution in [-0.4, -0.2) is 5.11 Å². The second kappa shape index (κ2) is 4.17. The summed E-state index contributed by atoms with van der Waals surface area (Å²) in [6.45, 7) is 6.40. The third-order valence-corrected chi connectivity index (χ3v) is 3.40. The van der Waals surface area contributed by atoms with Crippen molar-refractivity contribution in [1.82, 2.24) is 0 Å². The number of aromatic hydroxyl groups is 1. The number of hydrogen-bond donors (Lipinski definition) is 1. The van der Waals surface area contributed by atoms with Crippen molar-refractivity contribution in [2.24, 2.45) is 0 Å². The summed E-state index contributed by atoms with van der Waals surface area (Å²) in [6, 6.07) is 8.09. The van der Waals surface area contributed by atoms with Gasteiger partial charge >= 0.3 is 0 Å². The van der Waals surface area contributed by atoms with Crippen LogP contribution < -0.4 is 0 Å². The molecule has 1 heteroatoms. The lowest BCUT2D eigenvalue weighted by atomic mass is 9.91. The van der Waals surface area contributed by atoms with E-state index in [2.05, 4.69) is 26.8 Å². The third-order valence-electron chi connectivity index (χ3n) is 3.40. The molecule has 0 unspecified atom stereocenters. The lowest BCUT2D eigenvalue weighted by molar-refractivity contribution is 0.474. The van der Waals surface area contributed by atoms with Crippen molar-refractivity contribution in [2.75, 3.05) is 0 Å². The van der Waals surface area contributed by atoms with Crippen LogP contribution >= 0.6 is 0 Å². The van der Waals surface area contributed by atoms with Crippen molar-refractivity contribution in [3.8, 4) is 5.75 Å². The van der Waals surface area contributed by atoms with Gasteiger partial charge in [0.15, 0.2) is 0 Å². The minimum Gasteiger partial charge on any atom is -0.507 e. The zero-order valence-electron chi connectivity index (χ0n) is 10.2. The van der Waals surface area contributed by atoms with Crippen LogP contribution in [0.3, 0.4) is 0 Å². The maximum Gasteiger partial charge on any atom is 0.126 e. The fourth-order valence-corrected chi connectivity index (χ4v) is 2.57. The van der Waals surface area contributed by atoms with E-state index in [1.807, 2.05) is 18.2 Å². The molecule has 0 bridgehead atoms. The van der Waals surface area contributed by atoms with Crippen molar-refractivity contribution < 1.29 is 5.11 Å². The van der Waals surface area contributed by atoms with Gasteiger partial charge in [-0.15, -0.1) is 0 Å². The van der Waals surface area contributed by atoms with E-state index in [-0.39, 0.29) is 0 Å². The quantitative estimate of drug-likeness (QED) is 0.801. The molecule has 0 heterocycles. The standard InChI is InChI=1S/C15H18O/c1-4-11-10(3)13-8-6-7-9-14(13)15(16)12(11)5-2/h6-9,16H,4-5H2,1-3H3. The normalized spacial score (nSPS) is 10.9. The highest BCUT2D eigenvalue weighted by atomic mass is 16.3. The molecule has 0 aliphatic heterocycles. The predicted molar refractivity (Wildman–Crippen MR) is 69.1 cm³/mol. The third kappa shape index (κ3) is 1.47. The molecular weight excluding hydrogens is 196 g/mol. The summed E-state index contributed by atoms with van der Waals surface area (Å²) in [6.07, 6.45) is 1.87. The van der Waals surface area contributed by atoms with Gasteiger partial charge in [0.2, 0.25) is 0 Å². The van der Waals surface area contributed by atoms with E-state index >= 15 is 0 Å². The van der Waals surface area contributed by atoms with Crippen molar-refractivity contribution in [1.29, 1.82) is 0 Å². The molecule has 2 aromatic rings. The Balaban J connectivity index is 2.93. The highest BCUT2D eigenvalue weighted by molar-refractivity contribution is 5.93. The summed E-state index contributed by atoms with van der Waals surface area (Å²) in [5.74, 6) is 0.473. The molecule has 0 spiro atoms. The molecule has 0 aromatic heterocycles. The Labute approximate surface area is 96.7 Å². The van der Waals surface area contributed by atoms with E-state index in [1.54, 1.807) is 0 Å². The Hall–Kier alpha value is -1.50. The van der Waals surface area contributed by atoms with Gasteiger partial charge in [0.1, 0.15) is 5.75 Å². The summed E-state index contributed by atoms with van der Waals surface area (Å²) < 4.78 is 0. The Bertz CT molecular complexity index is 478. The van der Waals surface area contributed by atoms with E-state index in [0.29, 0.717) is 5.75 Å². The highest BCUT2D eigenvalue weighted by Crippen LogP contribution is 2.35. The molecular formula is C15H18O. The molecule has 0 fully saturated rings. The molecule has 2 aromatic carbocycles. The van der Waals surface area contributed by atoms with Gasteiger partial charge in [0, 0.05) is 5.39 Å². The minimum atomic E-state index is 0.473. The van der Waals surface area contributed by atoms with Gasteiger partial charge in [-0.1, -0.05) is 38.1 Å². The van der Waals surface area contributed by atoms with Gasteiger partial charge in [0.05, 0.1) is 0 Å². The first-order valence-electron chi connectivity index (χ1n) is 5.92. The fraction of sp³-hybridized carbons (Fsp3) is 0.333. The van der Waals surface area contributed by atoms with Crippen molar-refractivity contribution >= 4 is 10.8 Å². The van der Waals surface area contributed by atoms with Gasteiger partial charge in [-0.05, 0) is 41.8 Å². The molecule has 0 aliphatic carbocycles. The van der Waals surface area contributed by atoms with Crippen molar-refractivity contribution in [3.05, 3.63) is 41.0 Å². The number of phenolic OH excluding ortho intramolecular Hbond substituents is 1. The first-order valence-corrected chi connectivity index (χ1v) is 5.92. The van der Waals surface area contributed by atoms with E-state index < -0.39 is 0 Å². The average Bonchev–Trinajstić information content (AvgIpc) is 2.33. The summed E-state index contributed by atoms with van der Waals surface area (Å²) in [7, 11) is 0. The average molecular weight is 214 g/mol. The molecule has 0 radical (unpaired) electrons. The summed E-state index contributed by atoms with van der Waals surface area (Å²) >= 11 is 0. The maximum absolute atomic E-state index is 10.3. The van der Waals surface area contributed by atoms with Gasteiger partial charge < -0.3 is 5.11 Å². The predicted octanol–water partition coefficient (Wildman–Crippen LogP) is 3.98. The fourth-order valence-electron chi connectivity index (χ4n) is 2.57. The highest BCUT2D eigenvalue weighted by Gasteiger charge is 2.13. The lowest BCUT2D eigenvalue weighted by Crippen LogP contribution is -1.97. The van der Waals surface area contributed by atoms with Crippen LogP contribution in [-0.2, 0) is 12.8 Å². The maximum atomic E-state index is 10.3. The number of fused-ring (bicyclic) bond motifs is 1. The summed E-state index contributed by atoms with van der Waals surface area (Å²) in [5.41, 5.74) is 3.73. The largest absolute Gasteiger partial charge is 0.507 e. The number of hydrogen-bond acceptors (Lipinski definition) is 1. The van der Waals surface area contributed by atoms with Gasteiger partial charge in [0.25, 0.3) is 0 Å². The van der Waals surface area contributed by atoms with Gasteiger partial charge in [-0.2, -0.15) is 0 Å². The molecule has 16 heavy (non-hydrogen) atoms. The summed E-state index contributed by atoms with van der Waals surface area (Å²) in [4.78, 5) is 0. The molecule has 1 N–H and O–H groups in total. The Morgan fingerprint density at radius 1 is 0.938 bits per heavy atom. The van der Waals surface area contributed by atoms with Crippen LogP contribution in [0.4, 0.5) is 0 Å². The zero-order chi connectivity index (χ0) is 11.7. The molecule has 0 amide bonds. The Morgan fingerprint density at radius 2 is 1.50 bits per heavy atom. The molecule has 0 aliphatic rings. The summed E-state index contributed by atoms with van der Waals surface area (Å²) in [5, 5.41) is 12.4. The Morgan fingerprint density at radius 3 is 2.06 bits per heavy atom. The zero-order valence-corrected chi connectivity index (χ0v) is 10.2. The van der Waals surface area contributed by atoms with E-state index in [9.17, 15) is 5.11 Å².